The topological polar surface area (TPSA) is 73.4 Å². The Morgan fingerprint density at radius 3 is 2.78 bits per heavy atom. The van der Waals surface area contributed by atoms with E-state index in [1.807, 2.05) is 4.90 Å². The van der Waals surface area contributed by atoms with Crippen LogP contribution in [-0.4, -0.2) is 45.3 Å². The standard InChI is InChI=1S/C17H20ClF3N4O2/c1-10(18)6-25-9-23-14-4-11(7-24-3-2-12(22)8-24)15(27-17(19,20)21)5-13(14)16(25)26/h4-5,9-10,12H,2-3,6-8,22H2,1H3/t10?,12-/m1/s1. The zero-order valence-corrected chi connectivity index (χ0v) is 15.4. The highest BCUT2D eigenvalue weighted by molar-refractivity contribution is 6.20. The minimum Gasteiger partial charge on any atom is -0.405 e. The number of hydrogen-bond donors (Lipinski definition) is 1. The number of alkyl halides is 4. The van der Waals surface area contributed by atoms with Gasteiger partial charge in [-0.25, -0.2) is 4.98 Å². The van der Waals surface area contributed by atoms with Crippen LogP contribution in [0.3, 0.4) is 0 Å². The van der Waals surface area contributed by atoms with E-state index >= 15 is 0 Å². The van der Waals surface area contributed by atoms with Gasteiger partial charge in [0.05, 0.1) is 17.2 Å². The lowest BCUT2D eigenvalue weighted by atomic mass is 10.1. The Morgan fingerprint density at radius 2 is 2.19 bits per heavy atom. The van der Waals surface area contributed by atoms with Crippen molar-refractivity contribution in [3.63, 3.8) is 0 Å². The number of aromatic nitrogens is 2. The Labute approximate surface area is 158 Å². The van der Waals surface area contributed by atoms with Gasteiger partial charge in [-0.2, -0.15) is 0 Å². The Kier molecular flexibility index (Phi) is 5.64. The Morgan fingerprint density at radius 1 is 1.44 bits per heavy atom. The lowest BCUT2D eigenvalue weighted by Crippen LogP contribution is -2.27. The molecule has 1 unspecified atom stereocenters. The number of fused-ring (bicyclic) bond motifs is 1. The van der Waals surface area contributed by atoms with Crippen molar-refractivity contribution in [2.75, 3.05) is 13.1 Å². The second-order valence-electron chi connectivity index (χ2n) is 6.79. The fourth-order valence-corrected chi connectivity index (χ4v) is 3.37. The van der Waals surface area contributed by atoms with Crippen LogP contribution < -0.4 is 16.0 Å². The Balaban J connectivity index is 2.04. The van der Waals surface area contributed by atoms with Crippen molar-refractivity contribution in [3.05, 3.63) is 34.4 Å². The van der Waals surface area contributed by atoms with Crippen LogP contribution in [0.4, 0.5) is 13.2 Å². The van der Waals surface area contributed by atoms with E-state index in [4.69, 9.17) is 17.3 Å². The van der Waals surface area contributed by atoms with Crippen molar-refractivity contribution < 1.29 is 17.9 Å². The first-order chi connectivity index (χ1) is 12.6. The molecule has 6 nitrogen and oxygen atoms in total. The lowest BCUT2D eigenvalue weighted by molar-refractivity contribution is -0.274. The van der Waals surface area contributed by atoms with Gasteiger partial charge in [-0.3, -0.25) is 14.3 Å². The molecule has 1 fully saturated rings. The largest absolute Gasteiger partial charge is 0.573 e. The number of rotatable bonds is 5. The number of ether oxygens (including phenoxy) is 1. The van der Waals surface area contributed by atoms with E-state index in [-0.39, 0.29) is 29.9 Å². The minimum absolute atomic E-state index is 0.000288. The molecule has 1 aliphatic rings. The summed E-state index contributed by atoms with van der Waals surface area (Å²) in [5.74, 6) is -0.397. The van der Waals surface area contributed by atoms with Gasteiger partial charge >= 0.3 is 6.36 Å². The zero-order chi connectivity index (χ0) is 19.8. The first kappa shape index (κ1) is 19.9. The maximum atomic E-state index is 12.9. The summed E-state index contributed by atoms with van der Waals surface area (Å²) in [5.41, 5.74) is 6.02. The highest BCUT2D eigenvalue weighted by Crippen LogP contribution is 2.30. The summed E-state index contributed by atoms with van der Waals surface area (Å²) in [4.78, 5) is 18.7. The molecule has 0 spiro atoms. The fraction of sp³-hybridized carbons (Fsp3) is 0.529. The minimum atomic E-state index is -4.87. The van der Waals surface area contributed by atoms with Crippen molar-refractivity contribution in [2.24, 2.45) is 5.73 Å². The van der Waals surface area contributed by atoms with Crippen LogP contribution in [0.1, 0.15) is 18.9 Å². The number of benzene rings is 1. The van der Waals surface area contributed by atoms with E-state index in [1.165, 1.54) is 17.0 Å². The number of likely N-dealkylation sites (tertiary alicyclic amines) is 1. The van der Waals surface area contributed by atoms with Gasteiger partial charge in [0.15, 0.2) is 0 Å². The van der Waals surface area contributed by atoms with Crippen molar-refractivity contribution >= 4 is 22.5 Å². The van der Waals surface area contributed by atoms with E-state index in [0.717, 1.165) is 12.5 Å². The Hall–Kier alpha value is -1.84. The molecule has 0 radical (unpaired) electrons. The first-order valence-electron chi connectivity index (χ1n) is 8.52. The average molecular weight is 405 g/mol. The number of nitrogens with zero attached hydrogens (tertiary/aromatic N) is 3. The SMILES string of the molecule is CC(Cl)Cn1cnc2cc(CN3CC[C@@H](N)C3)c(OC(F)(F)F)cc2c1=O. The maximum absolute atomic E-state index is 12.9. The van der Waals surface area contributed by atoms with E-state index in [1.54, 1.807) is 6.92 Å². The van der Waals surface area contributed by atoms with E-state index in [9.17, 15) is 18.0 Å². The van der Waals surface area contributed by atoms with E-state index in [0.29, 0.717) is 24.2 Å². The summed E-state index contributed by atoms with van der Waals surface area (Å²) in [5, 5.41) is -0.276. The molecule has 10 heteroatoms. The monoisotopic (exact) mass is 404 g/mol. The molecule has 1 saturated heterocycles. The van der Waals surface area contributed by atoms with Gasteiger partial charge in [0.1, 0.15) is 5.75 Å². The molecule has 0 saturated carbocycles. The predicted octanol–water partition coefficient (Wildman–Crippen LogP) is 2.46. The van der Waals surface area contributed by atoms with Crippen LogP contribution in [0.5, 0.6) is 5.75 Å². The summed E-state index contributed by atoms with van der Waals surface area (Å²) in [6, 6.07) is 2.58. The Bertz CT molecular complexity index is 885. The molecule has 148 valence electrons. The zero-order valence-electron chi connectivity index (χ0n) is 14.7. The van der Waals surface area contributed by atoms with Crippen molar-refractivity contribution in [2.45, 2.75) is 44.2 Å². The third kappa shape index (κ3) is 4.91. The second-order valence-corrected chi connectivity index (χ2v) is 7.54. The molecule has 3 rings (SSSR count). The maximum Gasteiger partial charge on any atom is 0.573 e. The highest BCUT2D eigenvalue weighted by atomic mass is 35.5. The molecule has 1 aromatic carbocycles. The number of hydrogen-bond acceptors (Lipinski definition) is 5. The van der Waals surface area contributed by atoms with Crippen LogP contribution in [0.2, 0.25) is 0 Å². The van der Waals surface area contributed by atoms with Crippen molar-refractivity contribution in [3.8, 4) is 5.75 Å². The highest BCUT2D eigenvalue weighted by Gasteiger charge is 2.33. The molecule has 2 heterocycles. The van der Waals surface area contributed by atoms with Crippen molar-refractivity contribution in [1.29, 1.82) is 0 Å². The number of nitrogens with two attached hydrogens (primary N) is 1. The molecule has 2 atom stereocenters. The molecule has 0 bridgehead atoms. The quantitative estimate of drug-likeness (QED) is 0.775. The van der Waals surface area contributed by atoms with Crippen LogP contribution in [0.25, 0.3) is 10.9 Å². The smallest absolute Gasteiger partial charge is 0.405 e. The summed E-state index contributed by atoms with van der Waals surface area (Å²) < 4.78 is 44.1. The average Bonchev–Trinajstić information content (AvgIpc) is 2.95. The second kappa shape index (κ2) is 7.65. The third-order valence-electron chi connectivity index (χ3n) is 4.38. The molecule has 1 aliphatic heterocycles. The van der Waals surface area contributed by atoms with Gasteiger partial charge in [0.2, 0.25) is 0 Å². The third-order valence-corrected chi connectivity index (χ3v) is 4.52. The van der Waals surface area contributed by atoms with Crippen LogP contribution in [-0.2, 0) is 13.1 Å². The van der Waals surface area contributed by atoms with Gasteiger partial charge < -0.3 is 10.5 Å². The van der Waals surface area contributed by atoms with Gasteiger partial charge in [0.25, 0.3) is 5.56 Å². The van der Waals surface area contributed by atoms with Crippen LogP contribution >= 0.6 is 11.6 Å². The normalized spacial score (nSPS) is 19.6. The van der Waals surface area contributed by atoms with Gasteiger partial charge in [-0.05, 0) is 25.5 Å². The summed E-state index contributed by atoms with van der Waals surface area (Å²) in [6.07, 6.45) is -2.73. The number of halogens is 4. The van der Waals surface area contributed by atoms with Crippen molar-refractivity contribution in [1.82, 2.24) is 14.5 Å². The fourth-order valence-electron chi connectivity index (χ4n) is 3.22. The molecule has 0 aliphatic carbocycles. The summed E-state index contributed by atoms with van der Waals surface area (Å²) in [7, 11) is 0. The summed E-state index contributed by atoms with van der Waals surface area (Å²) >= 11 is 5.91. The lowest BCUT2D eigenvalue weighted by Gasteiger charge is -2.19. The van der Waals surface area contributed by atoms with E-state index in [2.05, 4.69) is 9.72 Å². The van der Waals surface area contributed by atoms with Crippen LogP contribution in [0, 0.1) is 0 Å². The first-order valence-corrected chi connectivity index (χ1v) is 8.96. The van der Waals surface area contributed by atoms with Gasteiger partial charge in [0, 0.05) is 43.2 Å². The van der Waals surface area contributed by atoms with E-state index < -0.39 is 17.7 Å². The molecule has 2 aromatic rings. The summed E-state index contributed by atoms with van der Waals surface area (Å²) in [6.45, 7) is 3.42. The predicted molar refractivity (Wildman–Crippen MR) is 95.9 cm³/mol. The molecular weight excluding hydrogens is 385 g/mol. The van der Waals surface area contributed by atoms with Crippen LogP contribution in [0.15, 0.2) is 23.3 Å². The molecule has 0 amide bonds. The van der Waals surface area contributed by atoms with Gasteiger partial charge in [-0.15, -0.1) is 24.8 Å². The molecule has 27 heavy (non-hydrogen) atoms. The molecule has 1 aromatic heterocycles. The molecular formula is C17H20ClF3N4O2. The van der Waals surface area contributed by atoms with Gasteiger partial charge in [-0.1, -0.05) is 0 Å². The molecule has 2 N–H and O–H groups in total.